The van der Waals surface area contributed by atoms with Crippen LogP contribution in [0.2, 0.25) is 0 Å². The molecule has 1 saturated heterocycles. The van der Waals surface area contributed by atoms with Gasteiger partial charge in [-0.2, -0.15) is 0 Å². The van der Waals surface area contributed by atoms with Crippen molar-refractivity contribution in [3.05, 3.63) is 17.0 Å². The number of ether oxygens (including phenoxy) is 1. The number of rotatable bonds is 6. The van der Waals surface area contributed by atoms with E-state index >= 15 is 0 Å². The minimum Gasteiger partial charge on any atom is -0.372 e. The molecular formula is C17H30N2O2. The number of nitrogens with zero attached hydrogens (tertiary/aromatic N) is 2. The van der Waals surface area contributed by atoms with Gasteiger partial charge in [-0.25, -0.2) is 0 Å². The maximum absolute atomic E-state index is 6.28. The molecule has 1 fully saturated rings. The van der Waals surface area contributed by atoms with Crippen LogP contribution in [0.1, 0.15) is 57.1 Å². The van der Waals surface area contributed by atoms with E-state index in [9.17, 15) is 0 Å². The molecule has 1 aromatic rings. The Balaban J connectivity index is 2.03. The fourth-order valence-electron chi connectivity index (χ4n) is 2.99. The summed E-state index contributed by atoms with van der Waals surface area (Å²) in [6.07, 6.45) is 4.34. The molecule has 0 amide bonds. The average molecular weight is 294 g/mol. The van der Waals surface area contributed by atoms with Crippen LogP contribution in [0.5, 0.6) is 0 Å². The van der Waals surface area contributed by atoms with Gasteiger partial charge < -0.3 is 9.26 Å². The van der Waals surface area contributed by atoms with Crippen LogP contribution in [0.3, 0.4) is 0 Å². The maximum atomic E-state index is 6.28. The Morgan fingerprint density at radius 1 is 1.29 bits per heavy atom. The van der Waals surface area contributed by atoms with Gasteiger partial charge in [-0.1, -0.05) is 38.8 Å². The van der Waals surface area contributed by atoms with E-state index in [1.807, 2.05) is 13.8 Å². The Morgan fingerprint density at radius 3 is 2.62 bits per heavy atom. The molecule has 4 nitrogen and oxygen atoms in total. The molecule has 2 atom stereocenters. The molecule has 2 rings (SSSR count). The van der Waals surface area contributed by atoms with Crippen LogP contribution in [0.25, 0.3) is 0 Å². The Kier molecular flexibility index (Phi) is 5.82. The third-order valence-electron chi connectivity index (χ3n) is 4.45. The van der Waals surface area contributed by atoms with Gasteiger partial charge in [-0.05, 0) is 26.2 Å². The van der Waals surface area contributed by atoms with Crippen molar-refractivity contribution in [3.8, 4) is 0 Å². The lowest BCUT2D eigenvalue weighted by molar-refractivity contribution is -0.108. The van der Waals surface area contributed by atoms with Crippen molar-refractivity contribution < 1.29 is 9.26 Å². The van der Waals surface area contributed by atoms with Crippen LogP contribution < -0.4 is 0 Å². The topological polar surface area (TPSA) is 38.5 Å². The molecule has 0 saturated carbocycles. The molecule has 120 valence electrons. The molecule has 0 aromatic carbocycles. The number of aryl methyl sites for hydroxylation is 2. The van der Waals surface area contributed by atoms with E-state index in [-0.39, 0.29) is 0 Å². The standard InChI is InChI=1S/C17H30N2O2/c1-6-7-8-15-9-19(11-17(20-15)12(2)3)10-16-13(4)18-21-14(16)5/h12,15,17H,6-11H2,1-5H3/t15-,17-/m1/s1. The molecular weight excluding hydrogens is 264 g/mol. The lowest BCUT2D eigenvalue weighted by Crippen LogP contribution is -2.49. The van der Waals surface area contributed by atoms with Crippen molar-refractivity contribution in [1.82, 2.24) is 10.1 Å². The lowest BCUT2D eigenvalue weighted by atomic mass is 10.0. The highest BCUT2D eigenvalue weighted by molar-refractivity contribution is 5.20. The normalized spacial score (nSPS) is 23.9. The van der Waals surface area contributed by atoms with E-state index in [2.05, 4.69) is 30.8 Å². The minimum atomic E-state index is 0.334. The molecule has 2 heterocycles. The second kappa shape index (κ2) is 7.41. The zero-order valence-electron chi connectivity index (χ0n) is 14.2. The monoisotopic (exact) mass is 294 g/mol. The van der Waals surface area contributed by atoms with Gasteiger partial charge in [0.15, 0.2) is 0 Å². The summed E-state index contributed by atoms with van der Waals surface area (Å²) in [4.78, 5) is 2.51. The number of unbranched alkanes of at least 4 members (excludes halogenated alkanes) is 1. The maximum Gasteiger partial charge on any atom is 0.138 e. The molecule has 0 N–H and O–H groups in total. The van der Waals surface area contributed by atoms with E-state index < -0.39 is 0 Å². The second-order valence-corrected chi connectivity index (χ2v) is 6.68. The van der Waals surface area contributed by atoms with Crippen LogP contribution >= 0.6 is 0 Å². The van der Waals surface area contributed by atoms with E-state index in [1.54, 1.807) is 0 Å². The van der Waals surface area contributed by atoms with Crippen LogP contribution in [-0.4, -0.2) is 35.4 Å². The Bertz CT molecular complexity index is 422. The fraction of sp³-hybridized carbons (Fsp3) is 0.824. The summed E-state index contributed by atoms with van der Waals surface area (Å²) >= 11 is 0. The number of hydrogen-bond acceptors (Lipinski definition) is 4. The Hall–Kier alpha value is -0.870. The Morgan fingerprint density at radius 2 is 2.05 bits per heavy atom. The summed E-state index contributed by atoms with van der Waals surface area (Å²) in [7, 11) is 0. The quantitative estimate of drug-likeness (QED) is 0.801. The molecule has 0 unspecified atom stereocenters. The average Bonchev–Trinajstić information content (AvgIpc) is 2.76. The molecule has 0 aliphatic carbocycles. The van der Waals surface area contributed by atoms with Gasteiger partial charge >= 0.3 is 0 Å². The number of aromatic nitrogens is 1. The largest absolute Gasteiger partial charge is 0.372 e. The molecule has 0 bridgehead atoms. The second-order valence-electron chi connectivity index (χ2n) is 6.68. The zero-order chi connectivity index (χ0) is 15.4. The lowest BCUT2D eigenvalue weighted by Gasteiger charge is -2.40. The summed E-state index contributed by atoms with van der Waals surface area (Å²) in [5.74, 6) is 1.51. The predicted molar refractivity (Wildman–Crippen MR) is 84.3 cm³/mol. The first-order valence-electron chi connectivity index (χ1n) is 8.30. The van der Waals surface area contributed by atoms with Gasteiger partial charge in [0.25, 0.3) is 0 Å². The molecule has 21 heavy (non-hydrogen) atoms. The first kappa shape index (κ1) is 16.5. The van der Waals surface area contributed by atoms with Gasteiger partial charge in [-0.15, -0.1) is 0 Å². The van der Waals surface area contributed by atoms with Gasteiger partial charge in [-0.3, -0.25) is 4.90 Å². The SMILES string of the molecule is CCCC[C@@H]1CN(Cc2c(C)noc2C)C[C@H](C(C)C)O1. The molecule has 1 aliphatic rings. The highest BCUT2D eigenvalue weighted by Crippen LogP contribution is 2.24. The highest BCUT2D eigenvalue weighted by atomic mass is 16.5. The molecule has 1 aliphatic heterocycles. The summed E-state index contributed by atoms with van der Waals surface area (Å²) in [6, 6.07) is 0. The van der Waals surface area contributed by atoms with Crippen molar-refractivity contribution in [3.63, 3.8) is 0 Å². The summed E-state index contributed by atoms with van der Waals surface area (Å²) < 4.78 is 11.6. The van der Waals surface area contributed by atoms with Crippen LogP contribution in [0.4, 0.5) is 0 Å². The van der Waals surface area contributed by atoms with E-state index in [4.69, 9.17) is 9.26 Å². The van der Waals surface area contributed by atoms with Crippen molar-refractivity contribution in [2.45, 2.75) is 72.6 Å². The molecule has 4 heteroatoms. The van der Waals surface area contributed by atoms with Gasteiger partial charge in [0.05, 0.1) is 17.9 Å². The molecule has 1 aromatic heterocycles. The summed E-state index contributed by atoms with van der Waals surface area (Å²) in [6.45, 7) is 13.7. The Labute approximate surface area is 128 Å². The van der Waals surface area contributed by atoms with Crippen molar-refractivity contribution >= 4 is 0 Å². The first-order chi connectivity index (χ1) is 10.0. The third kappa shape index (κ3) is 4.30. The smallest absolute Gasteiger partial charge is 0.138 e. The fourth-order valence-corrected chi connectivity index (χ4v) is 2.99. The summed E-state index contributed by atoms with van der Waals surface area (Å²) in [5.41, 5.74) is 2.26. The van der Waals surface area contributed by atoms with Gasteiger partial charge in [0.1, 0.15) is 5.76 Å². The van der Waals surface area contributed by atoms with Crippen LogP contribution in [0.15, 0.2) is 4.52 Å². The predicted octanol–water partition coefficient (Wildman–Crippen LogP) is 3.71. The van der Waals surface area contributed by atoms with E-state index in [0.29, 0.717) is 18.1 Å². The van der Waals surface area contributed by atoms with E-state index in [0.717, 1.165) is 37.5 Å². The third-order valence-corrected chi connectivity index (χ3v) is 4.45. The molecule has 0 spiro atoms. The van der Waals surface area contributed by atoms with Crippen LogP contribution in [-0.2, 0) is 11.3 Å². The van der Waals surface area contributed by atoms with Crippen molar-refractivity contribution in [2.75, 3.05) is 13.1 Å². The van der Waals surface area contributed by atoms with E-state index in [1.165, 1.54) is 18.4 Å². The number of morpholine rings is 1. The molecule has 0 radical (unpaired) electrons. The number of hydrogen-bond donors (Lipinski definition) is 0. The summed E-state index contributed by atoms with van der Waals surface area (Å²) in [5, 5.41) is 4.07. The van der Waals surface area contributed by atoms with Crippen molar-refractivity contribution in [1.29, 1.82) is 0 Å². The van der Waals surface area contributed by atoms with Crippen molar-refractivity contribution in [2.24, 2.45) is 5.92 Å². The minimum absolute atomic E-state index is 0.334. The van der Waals surface area contributed by atoms with Crippen LogP contribution in [0, 0.1) is 19.8 Å². The zero-order valence-corrected chi connectivity index (χ0v) is 14.2. The highest BCUT2D eigenvalue weighted by Gasteiger charge is 2.30. The van der Waals surface area contributed by atoms with Gasteiger partial charge in [0.2, 0.25) is 0 Å². The van der Waals surface area contributed by atoms with Gasteiger partial charge in [0, 0.05) is 25.2 Å². The first-order valence-corrected chi connectivity index (χ1v) is 8.30.